The van der Waals surface area contributed by atoms with Crippen molar-refractivity contribution < 1.29 is 32.6 Å². The summed E-state index contributed by atoms with van der Waals surface area (Å²) in [6.07, 6.45) is 1.55. The van der Waals surface area contributed by atoms with Crippen molar-refractivity contribution in [3.63, 3.8) is 0 Å². The highest BCUT2D eigenvalue weighted by Gasteiger charge is 2.33. The molecule has 2 aromatic carbocycles. The first kappa shape index (κ1) is 27.5. The fraction of sp³-hybridized carbons (Fsp3) is 0.200. The molecule has 0 unspecified atom stereocenters. The van der Waals surface area contributed by atoms with Crippen LogP contribution in [0.25, 0.3) is 11.3 Å². The van der Waals surface area contributed by atoms with Crippen LogP contribution in [-0.4, -0.2) is 48.1 Å². The number of hydrogen-bond donors (Lipinski definition) is 1. The summed E-state index contributed by atoms with van der Waals surface area (Å²) in [4.78, 5) is 35.7. The molecule has 3 heterocycles. The van der Waals surface area contributed by atoms with Crippen molar-refractivity contribution in [2.24, 2.45) is 0 Å². The Kier molecular flexibility index (Phi) is 7.77. The van der Waals surface area contributed by atoms with Crippen LogP contribution in [0.3, 0.4) is 0 Å². The van der Waals surface area contributed by atoms with Gasteiger partial charge in [0.2, 0.25) is 0 Å². The van der Waals surface area contributed by atoms with E-state index in [-0.39, 0.29) is 47.9 Å². The Labute approximate surface area is 234 Å². The smallest absolute Gasteiger partial charge is 0.310 e. The molecular weight excluding hydrogens is 534 g/mol. The van der Waals surface area contributed by atoms with Gasteiger partial charge in [0.15, 0.2) is 0 Å². The zero-order valence-electron chi connectivity index (χ0n) is 22.5. The van der Waals surface area contributed by atoms with Gasteiger partial charge in [-0.3, -0.25) is 9.59 Å². The van der Waals surface area contributed by atoms with E-state index in [1.165, 1.54) is 32.5 Å². The zero-order valence-corrected chi connectivity index (χ0v) is 22.5. The first-order valence-corrected chi connectivity index (χ1v) is 12.6. The second kappa shape index (κ2) is 11.6. The molecule has 0 fully saturated rings. The molecule has 1 aliphatic rings. The summed E-state index contributed by atoms with van der Waals surface area (Å²) in [5, 5.41) is 3.10. The van der Waals surface area contributed by atoms with E-state index >= 15 is 0 Å². The number of hydrogen-bond acceptors (Lipinski definition) is 8. The molecule has 0 aliphatic carbocycles. The predicted octanol–water partition coefficient (Wildman–Crippen LogP) is 5.05. The molecule has 4 aromatic rings. The van der Waals surface area contributed by atoms with E-state index < -0.39 is 17.6 Å². The molecule has 0 atom stereocenters. The van der Waals surface area contributed by atoms with Crippen LogP contribution in [0, 0.1) is 11.6 Å². The zero-order chi connectivity index (χ0) is 29.1. The Morgan fingerprint density at radius 3 is 2.44 bits per heavy atom. The normalized spacial score (nSPS) is 12.2. The fourth-order valence-corrected chi connectivity index (χ4v) is 4.63. The van der Waals surface area contributed by atoms with Crippen molar-refractivity contribution in [1.29, 1.82) is 0 Å². The van der Waals surface area contributed by atoms with Gasteiger partial charge in [-0.2, -0.15) is 0 Å². The van der Waals surface area contributed by atoms with Gasteiger partial charge in [-0.25, -0.2) is 18.7 Å². The van der Waals surface area contributed by atoms with Crippen LogP contribution >= 0.6 is 0 Å². The van der Waals surface area contributed by atoms with Crippen molar-refractivity contribution in [3.05, 3.63) is 94.8 Å². The third kappa shape index (κ3) is 5.65. The number of nitrogens with one attached hydrogen (secondary N) is 1. The first-order chi connectivity index (χ1) is 19.8. The van der Waals surface area contributed by atoms with Crippen LogP contribution < -0.4 is 14.8 Å². The van der Waals surface area contributed by atoms with Gasteiger partial charge >= 0.3 is 5.97 Å². The molecule has 41 heavy (non-hydrogen) atoms. The van der Waals surface area contributed by atoms with Crippen molar-refractivity contribution in [2.75, 3.05) is 26.6 Å². The van der Waals surface area contributed by atoms with Gasteiger partial charge in [-0.15, -0.1) is 0 Å². The van der Waals surface area contributed by atoms with Crippen molar-refractivity contribution in [1.82, 2.24) is 14.9 Å². The number of anilines is 2. The number of halogens is 2. The minimum Gasteiger partial charge on any atom is -0.497 e. The summed E-state index contributed by atoms with van der Waals surface area (Å²) in [6, 6.07) is 13.6. The molecule has 0 saturated carbocycles. The largest absolute Gasteiger partial charge is 0.497 e. The van der Waals surface area contributed by atoms with Crippen LogP contribution in [0.4, 0.5) is 20.3 Å². The van der Waals surface area contributed by atoms with Gasteiger partial charge in [0.05, 0.1) is 69.0 Å². The molecular formula is C30H26F2N4O5. The number of esters is 1. The average Bonchev–Trinajstić information content (AvgIpc) is 3.28. The SMILES string of the molecule is COC(=O)Cc1ccc(Nc2cc(-c3c(F)cccc3F)nc3c2C(=O)N(Cc2ccc(OC)cc2OC)C3)nc1. The molecule has 0 bridgehead atoms. The molecule has 5 rings (SSSR count). The van der Waals surface area contributed by atoms with Gasteiger partial charge in [-0.05, 0) is 42.0 Å². The second-order valence-corrected chi connectivity index (χ2v) is 9.24. The molecule has 0 saturated heterocycles. The first-order valence-electron chi connectivity index (χ1n) is 12.6. The Hall–Kier alpha value is -5.06. The number of fused-ring (bicyclic) bond motifs is 1. The third-order valence-corrected chi connectivity index (χ3v) is 6.67. The maximum atomic E-state index is 14.8. The third-order valence-electron chi connectivity index (χ3n) is 6.67. The quantitative estimate of drug-likeness (QED) is 0.284. The summed E-state index contributed by atoms with van der Waals surface area (Å²) in [5.41, 5.74) is 2.00. The summed E-state index contributed by atoms with van der Waals surface area (Å²) in [6.45, 7) is 0.305. The summed E-state index contributed by atoms with van der Waals surface area (Å²) in [5.74, 6) is -0.780. The highest BCUT2D eigenvalue weighted by molar-refractivity contribution is 6.04. The van der Waals surface area contributed by atoms with Gasteiger partial charge in [-0.1, -0.05) is 12.1 Å². The lowest BCUT2D eigenvalue weighted by atomic mass is 10.1. The number of carbonyl (C=O) groups is 2. The van der Waals surface area contributed by atoms with E-state index in [9.17, 15) is 18.4 Å². The number of benzene rings is 2. The predicted molar refractivity (Wildman–Crippen MR) is 146 cm³/mol. The van der Waals surface area contributed by atoms with Gasteiger partial charge in [0.25, 0.3) is 5.91 Å². The number of nitrogens with zero attached hydrogens (tertiary/aromatic N) is 3. The summed E-state index contributed by atoms with van der Waals surface area (Å²) < 4.78 is 45.0. The number of pyridine rings is 2. The highest BCUT2D eigenvalue weighted by Crippen LogP contribution is 2.37. The van der Waals surface area contributed by atoms with E-state index in [1.54, 1.807) is 42.3 Å². The molecule has 1 N–H and O–H groups in total. The van der Waals surface area contributed by atoms with E-state index in [1.807, 2.05) is 0 Å². The maximum absolute atomic E-state index is 14.8. The standard InChI is InChI=1S/C30H26F2N4O5/c1-39-19-9-8-18(25(12-19)40-2)15-36-16-24-29(30(36)38)23(13-22(34-24)28-20(31)5-4-6-21(28)32)35-26-10-7-17(14-33-26)11-27(37)41-3/h4-10,12-14H,11,15-16H2,1-3H3,(H,33,34,35). The van der Waals surface area contributed by atoms with Gasteiger partial charge < -0.3 is 24.4 Å². The Balaban J connectivity index is 1.52. The maximum Gasteiger partial charge on any atom is 0.310 e. The number of carbonyl (C=O) groups excluding carboxylic acids is 2. The van der Waals surface area contributed by atoms with Crippen LogP contribution in [-0.2, 0) is 29.0 Å². The molecule has 0 radical (unpaired) electrons. The minimum absolute atomic E-state index is 0.0286. The number of ether oxygens (including phenoxy) is 3. The molecule has 0 spiro atoms. The number of amides is 1. The van der Waals surface area contributed by atoms with Crippen LogP contribution in [0.1, 0.15) is 27.2 Å². The molecule has 11 heteroatoms. The van der Waals surface area contributed by atoms with Crippen molar-refractivity contribution >= 4 is 23.4 Å². The highest BCUT2D eigenvalue weighted by atomic mass is 19.1. The number of aromatic nitrogens is 2. The molecule has 1 aliphatic heterocycles. The lowest BCUT2D eigenvalue weighted by Gasteiger charge is -2.18. The van der Waals surface area contributed by atoms with Crippen molar-refractivity contribution in [3.8, 4) is 22.8 Å². The number of methoxy groups -OCH3 is 3. The Morgan fingerprint density at radius 1 is 1.00 bits per heavy atom. The van der Waals surface area contributed by atoms with E-state index in [2.05, 4.69) is 20.0 Å². The van der Waals surface area contributed by atoms with E-state index in [0.29, 0.717) is 28.6 Å². The van der Waals surface area contributed by atoms with Crippen molar-refractivity contribution in [2.45, 2.75) is 19.5 Å². The fourth-order valence-electron chi connectivity index (χ4n) is 4.63. The Morgan fingerprint density at radius 2 is 1.78 bits per heavy atom. The molecule has 2 aromatic heterocycles. The lowest BCUT2D eigenvalue weighted by Crippen LogP contribution is -2.24. The lowest BCUT2D eigenvalue weighted by molar-refractivity contribution is -0.139. The summed E-state index contributed by atoms with van der Waals surface area (Å²) in [7, 11) is 4.38. The van der Waals surface area contributed by atoms with Gasteiger partial charge in [0.1, 0.15) is 29.0 Å². The average molecular weight is 561 g/mol. The minimum atomic E-state index is -0.780. The monoisotopic (exact) mass is 560 g/mol. The van der Waals surface area contributed by atoms with E-state index in [4.69, 9.17) is 9.47 Å². The van der Waals surface area contributed by atoms with Crippen LogP contribution in [0.15, 0.2) is 60.8 Å². The van der Waals surface area contributed by atoms with Crippen LogP contribution in [0.2, 0.25) is 0 Å². The molecule has 210 valence electrons. The number of rotatable bonds is 9. The van der Waals surface area contributed by atoms with Gasteiger partial charge in [0, 0.05) is 17.8 Å². The van der Waals surface area contributed by atoms with Crippen LogP contribution in [0.5, 0.6) is 11.5 Å². The topological polar surface area (TPSA) is 103 Å². The Bertz CT molecular complexity index is 1610. The molecule has 9 nitrogen and oxygen atoms in total. The second-order valence-electron chi connectivity index (χ2n) is 9.24. The summed E-state index contributed by atoms with van der Waals surface area (Å²) >= 11 is 0. The molecule has 1 amide bonds. The van der Waals surface area contributed by atoms with E-state index in [0.717, 1.165) is 17.7 Å².